The van der Waals surface area contributed by atoms with Crippen LogP contribution in [0.15, 0.2) is 24.3 Å². The van der Waals surface area contributed by atoms with E-state index in [1.165, 1.54) is 16.9 Å². The first-order valence-corrected chi connectivity index (χ1v) is 7.64. The molecule has 106 valence electrons. The molecule has 0 spiro atoms. The summed E-state index contributed by atoms with van der Waals surface area (Å²) in [4.78, 5) is 18.7. The average Bonchev–Trinajstić information content (AvgIpc) is 2.89. The predicted molar refractivity (Wildman–Crippen MR) is 85.4 cm³/mol. The molecule has 0 N–H and O–H groups in total. The molecule has 0 aliphatic heterocycles. The van der Waals surface area contributed by atoms with E-state index in [9.17, 15) is 4.79 Å². The number of rotatable bonds is 5. The summed E-state index contributed by atoms with van der Waals surface area (Å²) in [5.41, 5.74) is 3.22. The maximum Gasteiger partial charge on any atom is 0.190 e. The average molecular weight is 288 g/mol. The number of carbonyl (C=O) groups excluding carboxylic acids is 1. The third-order valence-corrected chi connectivity index (χ3v) is 4.60. The van der Waals surface area contributed by atoms with E-state index >= 15 is 0 Å². The molecule has 2 aromatic rings. The number of anilines is 2. The van der Waals surface area contributed by atoms with Gasteiger partial charge in [0.15, 0.2) is 11.4 Å². The maximum absolute atomic E-state index is 11.2. The Balaban J connectivity index is 2.38. The Morgan fingerprint density at radius 1 is 1.45 bits per heavy atom. The first-order chi connectivity index (χ1) is 9.56. The highest BCUT2D eigenvalue weighted by Crippen LogP contribution is 2.33. The van der Waals surface area contributed by atoms with Crippen LogP contribution in [0.25, 0.3) is 0 Å². The minimum absolute atomic E-state index is 0.311. The second kappa shape index (κ2) is 6.18. The van der Waals surface area contributed by atoms with Crippen LogP contribution >= 0.6 is 11.3 Å². The van der Waals surface area contributed by atoms with Gasteiger partial charge in [0.2, 0.25) is 0 Å². The zero-order valence-corrected chi connectivity index (χ0v) is 13.2. The summed E-state index contributed by atoms with van der Waals surface area (Å²) in [5.74, 6) is 0.311. The molecule has 1 unspecified atom stereocenters. The van der Waals surface area contributed by atoms with E-state index in [0.717, 1.165) is 34.1 Å². The minimum Gasteiger partial charge on any atom is -0.321 e. The molecule has 1 heterocycles. The molecule has 0 bridgehead atoms. The Labute approximate surface area is 124 Å². The predicted octanol–water partition coefficient (Wildman–Crippen LogP) is 4.55. The molecular weight excluding hydrogens is 268 g/mol. The number of benzene rings is 1. The van der Waals surface area contributed by atoms with Crippen LogP contribution in [0.2, 0.25) is 0 Å². The van der Waals surface area contributed by atoms with Crippen molar-refractivity contribution in [3.05, 3.63) is 40.4 Å². The Bertz CT molecular complexity index is 606. The molecule has 0 aliphatic rings. The minimum atomic E-state index is 0.311. The van der Waals surface area contributed by atoms with Gasteiger partial charge in [-0.3, -0.25) is 4.79 Å². The van der Waals surface area contributed by atoms with Crippen molar-refractivity contribution in [2.75, 3.05) is 11.9 Å². The lowest BCUT2D eigenvalue weighted by Gasteiger charge is -2.16. The zero-order chi connectivity index (χ0) is 14.7. The molecule has 0 amide bonds. The van der Waals surface area contributed by atoms with Crippen molar-refractivity contribution in [3.8, 4) is 0 Å². The second-order valence-corrected chi connectivity index (χ2v) is 6.08. The number of hydrogen-bond acceptors (Lipinski definition) is 4. The van der Waals surface area contributed by atoms with Crippen LogP contribution in [0, 0.1) is 6.92 Å². The van der Waals surface area contributed by atoms with Gasteiger partial charge in [0.05, 0.1) is 10.6 Å². The number of hydrogen-bond donors (Lipinski definition) is 0. The molecular formula is C16H20N2OS. The number of aromatic nitrogens is 1. The highest BCUT2D eigenvalue weighted by molar-refractivity contribution is 7.17. The lowest BCUT2D eigenvalue weighted by molar-refractivity contribution is 0.112. The number of aldehydes is 1. The van der Waals surface area contributed by atoms with Gasteiger partial charge < -0.3 is 4.90 Å². The standard InChI is InChI=1S/C16H20N2OS/c1-5-12(3)15-14(10-19)20-16(17-15)18(4)13-8-6-7-11(2)9-13/h6-10,12H,5H2,1-4H3. The SMILES string of the molecule is CCC(C)c1nc(N(C)c2cccc(C)c2)sc1C=O. The summed E-state index contributed by atoms with van der Waals surface area (Å²) in [7, 11) is 1.99. The molecule has 1 aromatic heterocycles. The highest BCUT2D eigenvalue weighted by atomic mass is 32.1. The van der Waals surface area contributed by atoms with E-state index in [2.05, 4.69) is 44.0 Å². The van der Waals surface area contributed by atoms with E-state index in [1.54, 1.807) is 0 Å². The Morgan fingerprint density at radius 3 is 2.80 bits per heavy atom. The molecule has 4 heteroatoms. The van der Waals surface area contributed by atoms with Gasteiger partial charge in [-0.15, -0.1) is 0 Å². The van der Waals surface area contributed by atoms with Crippen LogP contribution < -0.4 is 4.90 Å². The van der Waals surface area contributed by atoms with Gasteiger partial charge in [-0.05, 0) is 37.0 Å². The fraction of sp³-hybridized carbons (Fsp3) is 0.375. The smallest absolute Gasteiger partial charge is 0.190 e. The second-order valence-electron chi connectivity index (χ2n) is 5.07. The van der Waals surface area contributed by atoms with Crippen molar-refractivity contribution in [1.82, 2.24) is 4.98 Å². The molecule has 0 aliphatic carbocycles. The molecule has 0 radical (unpaired) electrons. The molecule has 0 fully saturated rings. The van der Waals surface area contributed by atoms with Crippen molar-refractivity contribution in [2.45, 2.75) is 33.1 Å². The van der Waals surface area contributed by atoms with Gasteiger partial charge in [0.25, 0.3) is 0 Å². The Morgan fingerprint density at radius 2 is 2.20 bits per heavy atom. The van der Waals surface area contributed by atoms with Crippen LogP contribution in [0.1, 0.15) is 47.1 Å². The van der Waals surface area contributed by atoms with Crippen LogP contribution in [-0.2, 0) is 0 Å². The first-order valence-electron chi connectivity index (χ1n) is 6.83. The van der Waals surface area contributed by atoms with E-state index < -0.39 is 0 Å². The van der Waals surface area contributed by atoms with Crippen molar-refractivity contribution in [3.63, 3.8) is 0 Å². The van der Waals surface area contributed by atoms with E-state index in [4.69, 9.17) is 0 Å². The van der Waals surface area contributed by atoms with E-state index in [1.807, 2.05) is 18.0 Å². The van der Waals surface area contributed by atoms with Crippen LogP contribution in [0.3, 0.4) is 0 Å². The maximum atomic E-state index is 11.2. The summed E-state index contributed by atoms with van der Waals surface area (Å²) in [6.45, 7) is 6.29. The third kappa shape index (κ3) is 2.90. The van der Waals surface area contributed by atoms with Gasteiger partial charge in [-0.1, -0.05) is 37.3 Å². The topological polar surface area (TPSA) is 33.2 Å². The first kappa shape index (κ1) is 14.7. The van der Waals surface area contributed by atoms with Gasteiger partial charge in [-0.2, -0.15) is 0 Å². The quantitative estimate of drug-likeness (QED) is 0.757. The Kier molecular flexibility index (Phi) is 4.55. The molecule has 20 heavy (non-hydrogen) atoms. The normalized spacial score (nSPS) is 12.2. The van der Waals surface area contributed by atoms with Crippen LogP contribution in [0.4, 0.5) is 10.8 Å². The van der Waals surface area contributed by atoms with Gasteiger partial charge in [0, 0.05) is 12.7 Å². The fourth-order valence-corrected chi connectivity index (χ4v) is 3.04. The lowest BCUT2D eigenvalue weighted by atomic mass is 10.0. The lowest BCUT2D eigenvalue weighted by Crippen LogP contribution is -2.09. The monoisotopic (exact) mass is 288 g/mol. The summed E-state index contributed by atoms with van der Waals surface area (Å²) in [6, 6.07) is 8.27. The highest BCUT2D eigenvalue weighted by Gasteiger charge is 2.18. The van der Waals surface area contributed by atoms with Crippen molar-refractivity contribution in [1.29, 1.82) is 0 Å². The zero-order valence-electron chi connectivity index (χ0n) is 12.4. The Hall–Kier alpha value is -1.68. The van der Waals surface area contributed by atoms with Gasteiger partial charge in [0.1, 0.15) is 0 Å². The van der Waals surface area contributed by atoms with E-state index in [-0.39, 0.29) is 0 Å². The molecule has 0 saturated carbocycles. The van der Waals surface area contributed by atoms with Gasteiger partial charge in [-0.25, -0.2) is 4.98 Å². The summed E-state index contributed by atoms with van der Waals surface area (Å²) in [5, 5.41) is 0.869. The van der Waals surface area contributed by atoms with Crippen LogP contribution in [0.5, 0.6) is 0 Å². The van der Waals surface area contributed by atoms with Gasteiger partial charge >= 0.3 is 0 Å². The number of nitrogens with zero attached hydrogens (tertiary/aromatic N) is 2. The summed E-state index contributed by atoms with van der Waals surface area (Å²) >= 11 is 1.46. The number of thiazole rings is 1. The van der Waals surface area contributed by atoms with Crippen LogP contribution in [-0.4, -0.2) is 18.3 Å². The van der Waals surface area contributed by atoms with E-state index in [0.29, 0.717) is 5.92 Å². The molecule has 1 atom stereocenters. The largest absolute Gasteiger partial charge is 0.321 e. The van der Waals surface area contributed by atoms with Crippen molar-refractivity contribution in [2.24, 2.45) is 0 Å². The molecule has 3 nitrogen and oxygen atoms in total. The molecule has 1 aromatic carbocycles. The van der Waals surface area contributed by atoms with Crippen molar-refractivity contribution < 1.29 is 4.79 Å². The summed E-state index contributed by atoms with van der Waals surface area (Å²) in [6.07, 6.45) is 1.91. The molecule has 0 saturated heterocycles. The molecule has 2 rings (SSSR count). The third-order valence-electron chi connectivity index (χ3n) is 3.53. The number of carbonyl (C=O) groups is 1. The fourth-order valence-electron chi connectivity index (χ4n) is 2.05. The summed E-state index contributed by atoms with van der Waals surface area (Å²) < 4.78 is 0. The number of aryl methyl sites for hydroxylation is 1. The van der Waals surface area contributed by atoms with Crippen molar-refractivity contribution >= 4 is 28.4 Å².